The standard InChI is InChI=1S/C12H10F3N3O/c13-7-3-2-6(8(14)9(7)15)10-17-11(18-19-10)12(16)4-1-5-12/h2-3H,1,4-5,16H2. The highest BCUT2D eigenvalue weighted by atomic mass is 19.2. The molecule has 100 valence electrons. The number of hydrogen-bond acceptors (Lipinski definition) is 4. The first kappa shape index (κ1) is 12.2. The molecule has 2 aromatic rings. The Balaban J connectivity index is 2.02. The van der Waals surface area contributed by atoms with Gasteiger partial charge in [-0.05, 0) is 31.4 Å². The Hall–Kier alpha value is -1.89. The van der Waals surface area contributed by atoms with Gasteiger partial charge in [-0.2, -0.15) is 4.98 Å². The number of aromatic nitrogens is 2. The van der Waals surface area contributed by atoms with E-state index in [4.69, 9.17) is 10.3 Å². The Labute approximate surface area is 106 Å². The lowest BCUT2D eigenvalue weighted by molar-refractivity contribution is 0.229. The van der Waals surface area contributed by atoms with Gasteiger partial charge in [0.2, 0.25) is 0 Å². The maximum Gasteiger partial charge on any atom is 0.261 e. The van der Waals surface area contributed by atoms with Crippen molar-refractivity contribution in [3.63, 3.8) is 0 Å². The highest BCUT2D eigenvalue weighted by Crippen LogP contribution is 2.38. The van der Waals surface area contributed by atoms with Crippen LogP contribution in [0, 0.1) is 17.5 Å². The van der Waals surface area contributed by atoms with Gasteiger partial charge in [-0.25, -0.2) is 13.2 Å². The minimum atomic E-state index is -1.57. The van der Waals surface area contributed by atoms with E-state index in [9.17, 15) is 13.2 Å². The van der Waals surface area contributed by atoms with Crippen LogP contribution in [0.2, 0.25) is 0 Å². The van der Waals surface area contributed by atoms with Gasteiger partial charge in [-0.15, -0.1) is 0 Å². The molecule has 0 unspecified atom stereocenters. The molecule has 2 N–H and O–H groups in total. The maximum atomic E-state index is 13.6. The zero-order valence-electron chi connectivity index (χ0n) is 9.79. The largest absolute Gasteiger partial charge is 0.334 e. The highest BCUT2D eigenvalue weighted by Gasteiger charge is 2.39. The molecule has 1 aliphatic rings. The molecule has 0 spiro atoms. The first-order chi connectivity index (χ1) is 9.01. The first-order valence-electron chi connectivity index (χ1n) is 5.78. The molecular formula is C12H10F3N3O. The van der Waals surface area contributed by atoms with Crippen molar-refractivity contribution in [3.05, 3.63) is 35.4 Å². The molecule has 0 amide bonds. The molecule has 0 radical (unpaired) electrons. The fraction of sp³-hybridized carbons (Fsp3) is 0.333. The summed E-state index contributed by atoms with van der Waals surface area (Å²) in [4.78, 5) is 3.97. The molecule has 1 saturated carbocycles. The van der Waals surface area contributed by atoms with E-state index in [2.05, 4.69) is 10.1 Å². The van der Waals surface area contributed by atoms with E-state index in [1.54, 1.807) is 0 Å². The van der Waals surface area contributed by atoms with Crippen molar-refractivity contribution in [2.75, 3.05) is 0 Å². The third-order valence-corrected chi connectivity index (χ3v) is 3.38. The number of halogens is 3. The number of benzene rings is 1. The zero-order chi connectivity index (χ0) is 13.6. The van der Waals surface area contributed by atoms with Crippen molar-refractivity contribution < 1.29 is 17.7 Å². The smallest absolute Gasteiger partial charge is 0.261 e. The van der Waals surface area contributed by atoms with Crippen molar-refractivity contribution in [3.8, 4) is 11.5 Å². The zero-order valence-corrected chi connectivity index (χ0v) is 9.79. The topological polar surface area (TPSA) is 64.9 Å². The molecule has 0 saturated heterocycles. The highest BCUT2D eigenvalue weighted by molar-refractivity contribution is 5.54. The predicted molar refractivity (Wildman–Crippen MR) is 59.3 cm³/mol. The monoisotopic (exact) mass is 269 g/mol. The summed E-state index contributed by atoms with van der Waals surface area (Å²) < 4.78 is 44.4. The third-order valence-electron chi connectivity index (χ3n) is 3.38. The third kappa shape index (κ3) is 1.81. The molecule has 1 aliphatic carbocycles. The van der Waals surface area contributed by atoms with Crippen LogP contribution in [0.25, 0.3) is 11.5 Å². The number of nitrogens with zero attached hydrogens (tertiary/aromatic N) is 2. The van der Waals surface area contributed by atoms with E-state index in [0.29, 0.717) is 12.8 Å². The van der Waals surface area contributed by atoms with Gasteiger partial charge in [0, 0.05) is 0 Å². The fourth-order valence-corrected chi connectivity index (χ4v) is 2.01. The summed E-state index contributed by atoms with van der Waals surface area (Å²) in [5, 5.41) is 3.69. The van der Waals surface area contributed by atoms with Crippen LogP contribution >= 0.6 is 0 Å². The molecular weight excluding hydrogens is 259 g/mol. The van der Waals surface area contributed by atoms with Gasteiger partial charge in [0.05, 0.1) is 11.1 Å². The summed E-state index contributed by atoms with van der Waals surface area (Å²) in [5.74, 6) is -4.13. The van der Waals surface area contributed by atoms with Gasteiger partial charge in [0.25, 0.3) is 5.89 Å². The molecule has 0 bridgehead atoms. The van der Waals surface area contributed by atoms with Crippen molar-refractivity contribution in [2.45, 2.75) is 24.8 Å². The summed E-state index contributed by atoms with van der Waals surface area (Å²) in [6, 6.07) is 1.86. The Morgan fingerprint density at radius 2 is 1.89 bits per heavy atom. The van der Waals surface area contributed by atoms with Gasteiger partial charge < -0.3 is 10.3 Å². The molecule has 1 fully saturated rings. The van der Waals surface area contributed by atoms with Crippen LogP contribution in [0.1, 0.15) is 25.1 Å². The van der Waals surface area contributed by atoms with Crippen LogP contribution < -0.4 is 5.73 Å². The maximum absolute atomic E-state index is 13.6. The molecule has 19 heavy (non-hydrogen) atoms. The summed E-state index contributed by atoms with van der Waals surface area (Å²) >= 11 is 0. The molecule has 7 heteroatoms. The first-order valence-corrected chi connectivity index (χ1v) is 5.78. The van der Waals surface area contributed by atoms with Crippen molar-refractivity contribution in [2.24, 2.45) is 5.73 Å². The number of rotatable bonds is 2. The van der Waals surface area contributed by atoms with Crippen molar-refractivity contribution in [1.82, 2.24) is 10.1 Å². The predicted octanol–water partition coefficient (Wildman–Crippen LogP) is 2.49. The van der Waals surface area contributed by atoms with E-state index in [-0.39, 0.29) is 17.3 Å². The molecule has 1 aromatic carbocycles. The number of nitrogens with two attached hydrogens (primary N) is 1. The average Bonchev–Trinajstić information content (AvgIpc) is 2.83. The summed E-state index contributed by atoms with van der Waals surface area (Å²) in [6.45, 7) is 0. The van der Waals surface area contributed by atoms with E-state index >= 15 is 0 Å². The lowest BCUT2D eigenvalue weighted by Gasteiger charge is -2.34. The van der Waals surface area contributed by atoms with Crippen molar-refractivity contribution in [1.29, 1.82) is 0 Å². The Morgan fingerprint density at radius 3 is 2.53 bits per heavy atom. The van der Waals surface area contributed by atoms with Gasteiger partial charge in [0.1, 0.15) is 0 Å². The second-order valence-electron chi connectivity index (χ2n) is 4.66. The van der Waals surface area contributed by atoms with E-state index in [0.717, 1.165) is 18.6 Å². The Morgan fingerprint density at radius 1 is 1.16 bits per heavy atom. The Kier molecular flexibility index (Phi) is 2.60. The normalized spacial score (nSPS) is 17.3. The van der Waals surface area contributed by atoms with Crippen LogP contribution in [0.3, 0.4) is 0 Å². The lowest BCUT2D eigenvalue weighted by atomic mass is 9.77. The number of hydrogen-bond donors (Lipinski definition) is 1. The molecule has 1 heterocycles. The van der Waals surface area contributed by atoms with E-state index in [1.165, 1.54) is 0 Å². The average molecular weight is 269 g/mol. The van der Waals surface area contributed by atoms with Gasteiger partial charge >= 0.3 is 0 Å². The van der Waals surface area contributed by atoms with Crippen LogP contribution in [-0.4, -0.2) is 10.1 Å². The van der Waals surface area contributed by atoms with E-state index < -0.39 is 23.0 Å². The van der Waals surface area contributed by atoms with Gasteiger partial charge in [-0.1, -0.05) is 5.16 Å². The van der Waals surface area contributed by atoms with Crippen molar-refractivity contribution >= 4 is 0 Å². The fourth-order valence-electron chi connectivity index (χ4n) is 2.01. The lowest BCUT2D eigenvalue weighted by Crippen LogP contribution is -2.44. The molecule has 3 rings (SSSR count). The van der Waals surface area contributed by atoms with Gasteiger partial charge in [0.15, 0.2) is 23.3 Å². The molecule has 0 atom stereocenters. The SMILES string of the molecule is NC1(c2noc(-c3ccc(F)c(F)c3F)n2)CCC1. The van der Waals surface area contributed by atoms with Crippen LogP contribution in [-0.2, 0) is 5.54 Å². The van der Waals surface area contributed by atoms with E-state index in [1.807, 2.05) is 0 Å². The summed E-state index contributed by atoms with van der Waals surface area (Å²) in [5.41, 5.74) is 5.06. The van der Waals surface area contributed by atoms with Crippen LogP contribution in [0.5, 0.6) is 0 Å². The van der Waals surface area contributed by atoms with Crippen LogP contribution in [0.4, 0.5) is 13.2 Å². The molecule has 4 nitrogen and oxygen atoms in total. The summed E-state index contributed by atoms with van der Waals surface area (Å²) in [6.07, 6.45) is 2.39. The molecule has 0 aliphatic heterocycles. The minimum Gasteiger partial charge on any atom is -0.334 e. The minimum absolute atomic E-state index is 0.205. The van der Waals surface area contributed by atoms with Gasteiger partial charge in [-0.3, -0.25) is 0 Å². The quantitative estimate of drug-likeness (QED) is 0.851. The second kappa shape index (κ2) is 4.06. The molecule has 1 aromatic heterocycles. The Bertz CT molecular complexity index is 637. The summed E-state index contributed by atoms with van der Waals surface area (Å²) in [7, 11) is 0. The van der Waals surface area contributed by atoms with Crippen LogP contribution in [0.15, 0.2) is 16.7 Å². The second-order valence-corrected chi connectivity index (χ2v) is 4.66.